The molecule has 3 rings (SSSR count). The van der Waals surface area contributed by atoms with Gasteiger partial charge in [-0.1, -0.05) is 19.1 Å². The zero-order chi connectivity index (χ0) is 12.5. The van der Waals surface area contributed by atoms with E-state index in [-0.39, 0.29) is 11.9 Å². The lowest BCUT2D eigenvalue weighted by Gasteiger charge is -2.15. The lowest BCUT2D eigenvalue weighted by Crippen LogP contribution is -2.39. The Labute approximate surface area is 105 Å². The number of carbonyl (C=O) groups excluding carboxylic acids is 1. The summed E-state index contributed by atoms with van der Waals surface area (Å²) in [5, 5.41) is 14.1. The summed E-state index contributed by atoms with van der Waals surface area (Å²) in [6, 6.07) is 5.67. The standard InChI is InChI=1S/C13H16N4O/c1-8-5-6-14-11(8)13(18)16-10-4-2-3-9-7-15-17-12(9)10/h2-4,7-8,11,14H,5-6H2,1H3,(H,15,17)(H,16,18). The van der Waals surface area contributed by atoms with Crippen LogP contribution in [0.25, 0.3) is 10.9 Å². The van der Waals surface area contributed by atoms with Gasteiger partial charge in [-0.15, -0.1) is 0 Å². The third-order valence-electron chi connectivity index (χ3n) is 3.55. The van der Waals surface area contributed by atoms with Crippen molar-refractivity contribution in [1.29, 1.82) is 0 Å². The molecule has 2 atom stereocenters. The largest absolute Gasteiger partial charge is 0.323 e. The molecule has 1 aliphatic heterocycles. The summed E-state index contributed by atoms with van der Waals surface area (Å²) in [6.07, 6.45) is 2.80. The van der Waals surface area contributed by atoms with Gasteiger partial charge in [-0.2, -0.15) is 5.10 Å². The second-order valence-corrected chi connectivity index (χ2v) is 4.83. The minimum absolute atomic E-state index is 0.0297. The van der Waals surface area contributed by atoms with Crippen LogP contribution >= 0.6 is 0 Å². The fourth-order valence-electron chi connectivity index (χ4n) is 2.47. The number of nitrogens with zero attached hydrogens (tertiary/aromatic N) is 1. The van der Waals surface area contributed by atoms with E-state index in [4.69, 9.17) is 0 Å². The number of aromatic nitrogens is 2. The topological polar surface area (TPSA) is 69.8 Å². The summed E-state index contributed by atoms with van der Waals surface area (Å²) in [4.78, 5) is 12.2. The van der Waals surface area contributed by atoms with Crippen molar-refractivity contribution in [3.63, 3.8) is 0 Å². The van der Waals surface area contributed by atoms with E-state index < -0.39 is 0 Å². The number of hydrogen-bond acceptors (Lipinski definition) is 3. The van der Waals surface area contributed by atoms with Crippen LogP contribution in [0.4, 0.5) is 5.69 Å². The Bertz CT molecular complexity index is 577. The minimum atomic E-state index is -0.0943. The van der Waals surface area contributed by atoms with E-state index in [2.05, 4.69) is 27.8 Å². The first kappa shape index (κ1) is 11.2. The maximum Gasteiger partial charge on any atom is 0.241 e. The predicted molar refractivity (Wildman–Crippen MR) is 70.3 cm³/mol. The number of rotatable bonds is 2. The van der Waals surface area contributed by atoms with Gasteiger partial charge < -0.3 is 10.6 Å². The average Bonchev–Trinajstić information content (AvgIpc) is 2.97. The lowest BCUT2D eigenvalue weighted by atomic mass is 10.0. The number of hydrogen-bond donors (Lipinski definition) is 3. The van der Waals surface area contributed by atoms with Crippen LogP contribution in [0.1, 0.15) is 13.3 Å². The van der Waals surface area contributed by atoms with E-state index in [1.165, 1.54) is 0 Å². The van der Waals surface area contributed by atoms with Gasteiger partial charge in [0, 0.05) is 5.39 Å². The number of aromatic amines is 1. The number of amides is 1. The monoisotopic (exact) mass is 244 g/mol. The maximum absolute atomic E-state index is 12.2. The smallest absolute Gasteiger partial charge is 0.241 e. The molecule has 2 aromatic rings. The Morgan fingerprint density at radius 2 is 2.39 bits per heavy atom. The molecular formula is C13H16N4O. The van der Waals surface area contributed by atoms with Crippen molar-refractivity contribution in [2.75, 3.05) is 11.9 Å². The summed E-state index contributed by atoms with van der Waals surface area (Å²) in [5.74, 6) is 0.410. The molecule has 0 bridgehead atoms. The number of anilines is 1. The fourth-order valence-corrected chi connectivity index (χ4v) is 2.47. The number of fused-ring (bicyclic) bond motifs is 1. The zero-order valence-corrected chi connectivity index (χ0v) is 10.2. The summed E-state index contributed by atoms with van der Waals surface area (Å²) in [5.41, 5.74) is 1.66. The van der Waals surface area contributed by atoms with E-state index in [0.717, 1.165) is 29.6 Å². The number of para-hydroxylation sites is 1. The van der Waals surface area contributed by atoms with Crippen molar-refractivity contribution in [2.24, 2.45) is 5.92 Å². The summed E-state index contributed by atoms with van der Waals surface area (Å²) in [7, 11) is 0. The van der Waals surface area contributed by atoms with Crippen molar-refractivity contribution < 1.29 is 4.79 Å². The number of benzene rings is 1. The molecular weight excluding hydrogens is 228 g/mol. The highest BCUT2D eigenvalue weighted by atomic mass is 16.2. The summed E-state index contributed by atoms with van der Waals surface area (Å²) < 4.78 is 0. The highest BCUT2D eigenvalue weighted by molar-refractivity contribution is 6.02. The average molecular weight is 244 g/mol. The van der Waals surface area contributed by atoms with Crippen LogP contribution in [0, 0.1) is 5.92 Å². The molecule has 5 nitrogen and oxygen atoms in total. The van der Waals surface area contributed by atoms with Gasteiger partial charge in [0.25, 0.3) is 0 Å². The highest BCUT2D eigenvalue weighted by Gasteiger charge is 2.29. The first-order valence-corrected chi connectivity index (χ1v) is 6.22. The van der Waals surface area contributed by atoms with Gasteiger partial charge in [0.1, 0.15) is 0 Å². The van der Waals surface area contributed by atoms with Crippen LogP contribution in [-0.2, 0) is 4.79 Å². The van der Waals surface area contributed by atoms with Crippen molar-refractivity contribution in [3.8, 4) is 0 Å². The molecule has 1 fully saturated rings. The van der Waals surface area contributed by atoms with Gasteiger partial charge in [0.05, 0.1) is 23.4 Å². The maximum atomic E-state index is 12.2. The van der Waals surface area contributed by atoms with Gasteiger partial charge in [0.15, 0.2) is 0 Å². The normalized spacial score (nSPS) is 23.4. The van der Waals surface area contributed by atoms with Gasteiger partial charge >= 0.3 is 0 Å². The second kappa shape index (κ2) is 4.42. The number of carbonyl (C=O) groups is 1. The molecule has 3 N–H and O–H groups in total. The van der Waals surface area contributed by atoms with Crippen LogP contribution in [0.15, 0.2) is 24.4 Å². The Balaban J connectivity index is 1.84. The highest BCUT2D eigenvalue weighted by Crippen LogP contribution is 2.22. The van der Waals surface area contributed by atoms with Crippen molar-refractivity contribution in [2.45, 2.75) is 19.4 Å². The third kappa shape index (κ3) is 1.86. The van der Waals surface area contributed by atoms with E-state index in [1.54, 1.807) is 6.20 Å². The van der Waals surface area contributed by atoms with Gasteiger partial charge in [-0.05, 0) is 24.9 Å². The molecule has 94 valence electrons. The summed E-state index contributed by atoms with van der Waals surface area (Å²) in [6.45, 7) is 3.01. The van der Waals surface area contributed by atoms with Gasteiger partial charge in [-0.25, -0.2) is 0 Å². The Morgan fingerprint density at radius 1 is 1.50 bits per heavy atom. The molecule has 18 heavy (non-hydrogen) atoms. The molecule has 1 aromatic heterocycles. The third-order valence-corrected chi connectivity index (χ3v) is 3.55. The molecule has 1 aliphatic rings. The van der Waals surface area contributed by atoms with E-state index >= 15 is 0 Å². The first-order valence-electron chi connectivity index (χ1n) is 6.22. The van der Waals surface area contributed by atoms with Crippen molar-refractivity contribution >= 4 is 22.5 Å². The molecule has 2 heterocycles. The SMILES string of the molecule is CC1CCNC1C(=O)Nc1cccc2cn[nH]c12. The molecule has 0 saturated carbocycles. The molecule has 0 radical (unpaired) electrons. The lowest BCUT2D eigenvalue weighted by molar-refractivity contribution is -0.118. The Kier molecular flexibility index (Phi) is 2.76. The zero-order valence-electron chi connectivity index (χ0n) is 10.2. The van der Waals surface area contributed by atoms with Crippen molar-refractivity contribution in [1.82, 2.24) is 15.5 Å². The van der Waals surface area contributed by atoms with Crippen molar-refractivity contribution in [3.05, 3.63) is 24.4 Å². The van der Waals surface area contributed by atoms with E-state index in [1.807, 2.05) is 18.2 Å². The molecule has 0 aliphatic carbocycles. The summed E-state index contributed by atoms with van der Waals surface area (Å²) >= 11 is 0. The molecule has 1 saturated heterocycles. The van der Waals surface area contributed by atoms with Crippen LogP contribution in [0.2, 0.25) is 0 Å². The number of nitrogens with one attached hydrogen (secondary N) is 3. The fraction of sp³-hybridized carbons (Fsp3) is 0.385. The van der Waals surface area contributed by atoms with E-state index in [9.17, 15) is 4.79 Å². The quantitative estimate of drug-likeness (QED) is 0.749. The molecule has 0 spiro atoms. The van der Waals surface area contributed by atoms with Crippen LogP contribution in [0.3, 0.4) is 0 Å². The Hall–Kier alpha value is -1.88. The van der Waals surface area contributed by atoms with Crippen LogP contribution in [0.5, 0.6) is 0 Å². The van der Waals surface area contributed by atoms with E-state index in [0.29, 0.717) is 5.92 Å². The van der Waals surface area contributed by atoms with Crippen LogP contribution in [-0.4, -0.2) is 28.7 Å². The van der Waals surface area contributed by atoms with Gasteiger partial charge in [0.2, 0.25) is 5.91 Å². The van der Waals surface area contributed by atoms with Gasteiger partial charge in [-0.3, -0.25) is 9.89 Å². The molecule has 1 aromatic carbocycles. The first-order chi connectivity index (χ1) is 8.75. The predicted octanol–water partition coefficient (Wildman–Crippen LogP) is 1.50. The minimum Gasteiger partial charge on any atom is -0.323 e. The number of H-pyrrole nitrogens is 1. The molecule has 2 unspecified atom stereocenters. The molecule has 5 heteroatoms. The second-order valence-electron chi connectivity index (χ2n) is 4.83. The van der Waals surface area contributed by atoms with Crippen LogP contribution < -0.4 is 10.6 Å². The Morgan fingerprint density at radius 3 is 3.17 bits per heavy atom. The molecule has 1 amide bonds.